The van der Waals surface area contributed by atoms with Crippen LogP contribution in [0.5, 0.6) is 5.75 Å². The van der Waals surface area contributed by atoms with E-state index < -0.39 is 0 Å². The highest BCUT2D eigenvalue weighted by Crippen LogP contribution is 2.33. The maximum Gasteiger partial charge on any atom is 0.184 e. The van der Waals surface area contributed by atoms with Crippen LogP contribution in [0.3, 0.4) is 0 Å². The summed E-state index contributed by atoms with van der Waals surface area (Å²) in [5.41, 5.74) is 7.19. The van der Waals surface area contributed by atoms with Crippen LogP contribution >= 0.6 is 0 Å². The Bertz CT molecular complexity index is 619. The average molecular weight is 275 g/mol. The van der Waals surface area contributed by atoms with Crippen molar-refractivity contribution in [3.63, 3.8) is 0 Å². The van der Waals surface area contributed by atoms with Crippen LogP contribution in [0.2, 0.25) is 0 Å². The molecule has 20 heavy (non-hydrogen) atoms. The van der Waals surface area contributed by atoms with E-state index in [4.69, 9.17) is 15.2 Å². The van der Waals surface area contributed by atoms with Gasteiger partial charge in [-0.1, -0.05) is 0 Å². The van der Waals surface area contributed by atoms with Crippen LogP contribution in [-0.2, 0) is 10.3 Å². The van der Waals surface area contributed by atoms with E-state index in [1.54, 1.807) is 17.9 Å². The summed E-state index contributed by atoms with van der Waals surface area (Å²) in [6.45, 7) is 3.38. The van der Waals surface area contributed by atoms with E-state index in [1.807, 2.05) is 12.1 Å². The van der Waals surface area contributed by atoms with Gasteiger partial charge in [-0.05, 0) is 42.0 Å². The fourth-order valence-corrected chi connectivity index (χ4v) is 2.40. The molecule has 1 aliphatic rings. The highest BCUT2D eigenvalue weighted by Gasteiger charge is 2.35. The Labute approximate surface area is 116 Å². The van der Waals surface area contributed by atoms with Crippen molar-refractivity contribution in [1.29, 1.82) is 0 Å². The van der Waals surface area contributed by atoms with E-state index in [-0.39, 0.29) is 5.54 Å². The summed E-state index contributed by atoms with van der Waals surface area (Å²) < 4.78 is 12.5. The van der Waals surface area contributed by atoms with Gasteiger partial charge in [0.2, 0.25) is 0 Å². The highest BCUT2D eigenvalue weighted by molar-refractivity contribution is 5.73. The lowest BCUT2D eigenvalue weighted by Gasteiger charge is -2.23. The normalized spacial score (nSPS) is 22.1. The van der Waals surface area contributed by atoms with Crippen LogP contribution in [0, 0.1) is 0 Å². The molecule has 2 N–H and O–H groups in total. The number of aromatic nitrogens is 4. The summed E-state index contributed by atoms with van der Waals surface area (Å²) in [5.74, 6) is 1.35. The summed E-state index contributed by atoms with van der Waals surface area (Å²) in [4.78, 5) is 0. The zero-order chi connectivity index (χ0) is 14.2. The molecule has 2 heterocycles. The topological polar surface area (TPSA) is 88.1 Å². The van der Waals surface area contributed by atoms with Gasteiger partial charge in [0.1, 0.15) is 5.75 Å². The van der Waals surface area contributed by atoms with Gasteiger partial charge < -0.3 is 15.2 Å². The van der Waals surface area contributed by atoms with Crippen LogP contribution < -0.4 is 10.5 Å². The first-order chi connectivity index (χ1) is 9.64. The van der Waals surface area contributed by atoms with E-state index in [2.05, 4.69) is 22.4 Å². The van der Waals surface area contributed by atoms with Crippen molar-refractivity contribution in [2.75, 3.05) is 26.1 Å². The molecular weight excluding hydrogens is 258 g/mol. The molecule has 1 saturated heterocycles. The Morgan fingerprint density at radius 2 is 2.30 bits per heavy atom. The molecule has 1 fully saturated rings. The standard InChI is InChI=1S/C13H17N5O2/c1-13(5-6-20-8-13)18-12(15-16-17-18)10-7-9(19-2)3-4-11(10)14/h3-4,7H,5-6,8,14H2,1-2H3. The first-order valence-electron chi connectivity index (χ1n) is 6.44. The Kier molecular flexibility index (Phi) is 3.06. The molecule has 1 atom stereocenters. The third kappa shape index (κ3) is 2.00. The Morgan fingerprint density at radius 3 is 3.00 bits per heavy atom. The molecule has 0 spiro atoms. The molecule has 0 amide bonds. The number of anilines is 1. The number of nitrogen functional groups attached to an aromatic ring is 1. The number of rotatable bonds is 3. The Hall–Kier alpha value is -2.15. The van der Waals surface area contributed by atoms with E-state index in [9.17, 15) is 0 Å². The second-order valence-electron chi connectivity index (χ2n) is 5.17. The molecular formula is C13H17N5O2. The van der Waals surface area contributed by atoms with E-state index in [0.29, 0.717) is 24.7 Å². The lowest BCUT2D eigenvalue weighted by atomic mass is 10.0. The number of methoxy groups -OCH3 is 1. The third-order valence-electron chi connectivity index (χ3n) is 3.68. The van der Waals surface area contributed by atoms with Gasteiger partial charge in [-0.2, -0.15) is 0 Å². The second kappa shape index (κ2) is 4.75. The van der Waals surface area contributed by atoms with Crippen molar-refractivity contribution >= 4 is 5.69 Å². The van der Waals surface area contributed by atoms with Gasteiger partial charge in [-0.3, -0.25) is 0 Å². The van der Waals surface area contributed by atoms with Crippen LogP contribution in [0.4, 0.5) is 5.69 Å². The average Bonchev–Trinajstić information content (AvgIpc) is 3.09. The van der Waals surface area contributed by atoms with Gasteiger partial charge in [0.25, 0.3) is 0 Å². The molecule has 0 aliphatic carbocycles. The smallest absolute Gasteiger partial charge is 0.184 e. The number of tetrazole rings is 1. The maximum atomic E-state index is 6.05. The SMILES string of the molecule is COc1ccc(N)c(-c2nnnn2C2(C)CCOC2)c1. The number of hydrogen-bond donors (Lipinski definition) is 1. The molecule has 7 nitrogen and oxygen atoms in total. The molecule has 106 valence electrons. The van der Waals surface area contributed by atoms with Gasteiger partial charge in [0.05, 0.1) is 19.3 Å². The third-order valence-corrected chi connectivity index (χ3v) is 3.68. The maximum absolute atomic E-state index is 6.05. The van der Waals surface area contributed by atoms with Gasteiger partial charge in [0, 0.05) is 17.9 Å². The van der Waals surface area contributed by atoms with Gasteiger partial charge in [0.15, 0.2) is 5.82 Å². The van der Waals surface area contributed by atoms with Crippen LogP contribution in [0.1, 0.15) is 13.3 Å². The minimum Gasteiger partial charge on any atom is -0.497 e. The van der Waals surface area contributed by atoms with Crippen molar-refractivity contribution in [2.24, 2.45) is 0 Å². The predicted octanol–water partition coefficient (Wildman–Crippen LogP) is 1.07. The lowest BCUT2D eigenvalue weighted by molar-refractivity contribution is 0.155. The largest absolute Gasteiger partial charge is 0.497 e. The van der Waals surface area contributed by atoms with Crippen LogP contribution in [0.25, 0.3) is 11.4 Å². The Balaban J connectivity index is 2.10. The quantitative estimate of drug-likeness (QED) is 0.843. The van der Waals surface area contributed by atoms with Crippen molar-refractivity contribution in [2.45, 2.75) is 18.9 Å². The summed E-state index contributed by atoms with van der Waals surface area (Å²) >= 11 is 0. The molecule has 7 heteroatoms. The minimum atomic E-state index is -0.242. The van der Waals surface area contributed by atoms with E-state index >= 15 is 0 Å². The number of benzene rings is 1. The molecule has 2 aromatic rings. The highest BCUT2D eigenvalue weighted by atomic mass is 16.5. The molecule has 0 radical (unpaired) electrons. The predicted molar refractivity (Wildman–Crippen MR) is 73.3 cm³/mol. The first kappa shape index (κ1) is 12.9. The van der Waals surface area contributed by atoms with Crippen LogP contribution in [0.15, 0.2) is 18.2 Å². The monoisotopic (exact) mass is 275 g/mol. The van der Waals surface area contributed by atoms with Crippen molar-refractivity contribution in [3.05, 3.63) is 18.2 Å². The zero-order valence-corrected chi connectivity index (χ0v) is 11.5. The van der Waals surface area contributed by atoms with E-state index in [1.165, 1.54) is 0 Å². The van der Waals surface area contributed by atoms with Gasteiger partial charge in [-0.15, -0.1) is 5.10 Å². The first-order valence-corrected chi connectivity index (χ1v) is 6.44. The molecule has 0 bridgehead atoms. The van der Waals surface area contributed by atoms with Gasteiger partial charge in [-0.25, -0.2) is 4.68 Å². The minimum absolute atomic E-state index is 0.242. The van der Waals surface area contributed by atoms with Crippen molar-refractivity contribution < 1.29 is 9.47 Å². The molecule has 3 rings (SSSR count). The number of nitrogens with two attached hydrogens (primary N) is 1. The number of ether oxygens (including phenoxy) is 2. The molecule has 1 aromatic carbocycles. The molecule has 1 aromatic heterocycles. The summed E-state index contributed by atoms with van der Waals surface area (Å²) in [6, 6.07) is 5.45. The molecule has 1 aliphatic heterocycles. The zero-order valence-electron chi connectivity index (χ0n) is 11.5. The van der Waals surface area contributed by atoms with Crippen molar-refractivity contribution in [3.8, 4) is 17.1 Å². The second-order valence-corrected chi connectivity index (χ2v) is 5.17. The van der Waals surface area contributed by atoms with Crippen LogP contribution in [-0.4, -0.2) is 40.5 Å². The Morgan fingerprint density at radius 1 is 1.45 bits per heavy atom. The summed E-state index contributed by atoms with van der Waals surface area (Å²) in [5, 5.41) is 12.0. The van der Waals surface area contributed by atoms with Gasteiger partial charge >= 0.3 is 0 Å². The summed E-state index contributed by atoms with van der Waals surface area (Å²) in [6.07, 6.45) is 0.870. The van der Waals surface area contributed by atoms with Crippen molar-refractivity contribution in [1.82, 2.24) is 20.2 Å². The molecule has 1 unspecified atom stereocenters. The number of hydrogen-bond acceptors (Lipinski definition) is 6. The summed E-state index contributed by atoms with van der Waals surface area (Å²) in [7, 11) is 1.62. The number of nitrogens with zero attached hydrogens (tertiary/aromatic N) is 4. The lowest BCUT2D eigenvalue weighted by Crippen LogP contribution is -2.32. The van der Waals surface area contributed by atoms with E-state index in [0.717, 1.165) is 17.7 Å². The molecule has 0 saturated carbocycles. The fraction of sp³-hybridized carbons (Fsp3) is 0.462. The fourth-order valence-electron chi connectivity index (χ4n) is 2.40.